The molecule has 1 fully saturated rings. The fourth-order valence-electron chi connectivity index (χ4n) is 2.11. The van der Waals surface area contributed by atoms with Gasteiger partial charge in [0.2, 0.25) is 5.91 Å². The average molecular weight is 336 g/mol. The van der Waals surface area contributed by atoms with Crippen LogP contribution in [0, 0.1) is 5.92 Å². The van der Waals surface area contributed by atoms with Crippen LogP contribution in [0.4, 0.5) is 5.82 Å². The van der Waals surface area contributed by atoms with Crippen LogP contribution in [0.2, 0.25) is 0 Å². The van der Waals surface area contributed by atoms with Gasteiger partial charge in [-0.2, -0.15) is 0 Å². The Morgan fingerprint density at radius 2 is 1.81 bits per heavy atom. The van der Waals surface area contributed by atoms with E-state index in [0.717, 1.165) is 18.9 Å². The molecular formula is C13H23Cl2N5O. The van der Waals surface area contributed by atoms with Crippen molar-refractivity contribution in [3.63, 3.8) is 0 Å². The second-order valence-corrected chi connectivity index (χ2v) is 5.15. The second kappa shape index (κ2) is 9.02. The molecule has 2 heterocycles. The van der Waals surface area contributed by atoms with Crippen molar-refractivity contribution < 1.29 is 4.79 Å². The van der Waals surface area contributed by atoms with Gasteiger partial charge in [0.15, 0.2) is 0 Å². The number of carbonyl (C=O) groups excluding carboxylic acids is 1. The van der Waals surface area contributed by atoms with Gasteiger partial charge in [0.1, 0.15) is 5.82 Å². The van der Waals surface area contributed by atoms with E-state index in [2.05, 4.69) is 14.9 Å². The summed E-state index contributed by atoms with van der Waals surface area (Å²) >= 11 is 0. The van der Waals surface area contributed by atoms with E-state index in [1.165, 1.54) is 0 Å². The zero-order valence-electron chi connectivity index (χ0n) is 12.3. The van der Waals surface area contributed by atoms with Gasteiger partial charge in [0, 0.05) is 38.6 Å². The normalized spacial score (nSPS) is 16.0. The molecule has 2 rings (SSSR count). The number of amides is 1. The summed E-state index contributed by atoms with van der Waals surface area (Å²) in [6.45, 7) is 6.87. The van der Waals surface area contributed by atoms with Crippen LogP contribution in [0.15, 0.2) is 18.6 Å². The van der Waals surface area contributed by atoms with Gasteiger partial charge in [-0.1, -0.05) is 13.8 Å². The lowest BCUT2D eigenvalue weighted by Gasteiger charge is -2.36. The Kier molecular flexibility index (Phi) is 8.54. The number of piperazine rings is 1. The van der Waals surface area contributed by atoms with Crippen LogP contribution in [-0.2, 0) is 4.79 Å². The largest absolute Gasteiger partial charge is 0.352 e. The predicted molar refractivity (Wildman–Crippen MR) is 88.1 cm³/mol. The Hall–Kier alpha value is -1.11. The quantitative estimate of drug-likeness (QED) is 0.890. The van der Waals surface area contributed by atoms with Crippen molar-refractivity contribution >= 4 is 36.5 Å². The maximum absolute atomic E-state index is 12.1. The lowest BCUT2D eigenvalue weighted by atomic mass is 10.0. The Bertz CT molecular complexity index is 424. The van der Waals surface area contributed by atoms with Gasteiger partial charge >= 0.3 is 0 Å². The number of halogens is 2. The molecule has 0 aliphatic carbocycles. The molecule has 0 spiro atoms. The third-order valence-electron chi connectivity index (χ3n) is 3.47. The van der Waals surface area contributed by atoms with Gasteiger partial charge in [0.25, 0.3) is 0 Å². The molecule has 120 valence electrons. The summed E-state index contributed by atoms with van der Waals surface area (Å²) in [5.74, 6) is 1.09. The maximum atomic E-state index is 12.1. The predicted octanol–water partition coefficient (Wildman–Crippen LogP) is 0.952. The Labute approximate surface area is 137 Å². The third-order valence-corrected chi connectivity index (χ3v) is 3.47. The van der Waals surface area contributed by atoms with Crippen molar-refractivity contribution in [2.75, 3.05) is 31.1 Å². The standard InChI is InChI=1S/C13H21N5O.2ClH/c1-10(2)12(14)13(19)18-7-5-17(6-8-18)11-9-15-3-4-16-11;;/h3-4,9-10,12H,5-8,14H2,1-2H3;2*1H/t12-;;/m1../s1. The highest BCUT2D eigenvalue weighted by atomic mass is 35.5. The Morgan fingerprint density at radius 1 is 1.19 bits per heavy atom. The van der Waals surface area contributed by atoms with Crippen molar-refractivity contribution in [2.24, 2.45) is 11.7 Å². The van der Waals surface area contributed by atoms with E-state index < -0.39 is 6.04 Å². The first-order valence-corrected chi connectivity index (χ1v) is 6.65. The topological polar surface area (TPSA) is 75.4 Å². The summed E-state index contributed by atoms with van der Waals surface area (Å²) in [6.07, 6.45) is 5.09. The highest BCUT2D eigenvalue weighted by molar-refractivity contribution is 5.85. The van der Waals surface area contributed by atoms with Gasteiger partial charge in [-0.3, -0.25) is 9.78 Å². The molecule has 1 atom stereocenters. The van der Waals surface area contributed by atoms with Crippen molar-refractivity contribution in [2.45, 2.75) is 19.9 Å². The van der Waals surface area contributed by atoms with E-state index in [4.69, 9.17) is 5.73 Å². The number of hydrogen-bond acceptors (Lipinski definition) is 5. The molecule has 1 saturated heterocycles. The zero-order chi connectivity index (χ0) is 13.8. The van der Waals surface area contributed by atoms with Crippen molar-refractivity contribution in [1.29, 1.82) is 0 Å². The minimum absolute atomic E-state index is 0. The lowest BCUT2D eigenvalue weighted by Crippen LogP contribution is -2.54. The van der Waals surface area contributed by atoms with Crippen molar-refractivity contribution in [3.05, 3.63) is 18.6 Å². The molecule has 1 aliphatic heterocycles. The average Bonchev–Trinajstić information content (AvgIpc) is 2.46. The van der Waals surface area contributed by atoms with E-state index in [0.29, 0.717) is 13.1 Å². The van der Waals surface area contributed by atoms with Gasteiger partial charge in [-0.15, -0.1) is 24.8 Å². The van der Waals surface area contributed by atoms with Crippen LogP contribution >= 0.6 is 24.8 Å². The minimum atomic E-state index is -0.400. The van der Waals surface area contributed by atoms with Crippen LogP contribution in [0.1, 0.15) is 13.8 Å². The van der Waals surface area contributed by atoms with Crippen LogP contribution < -0.4 is 10.6 Å². The Morgan fingerprint density at radius 3 is 2.29 bits per heavy atom. The van der Waals surface area contributed by atoms with Crippen LogP contribution in [0.25, 0.3) is 0 Å². The molecule has 0 aromatic carbocycles. The van der Waals surface area contributed by atoms with Gasteiger partial charge in [-0.25, -0.2) is 4.98 Å². The van der Waals surface area contributed by atoms with Crippen LogP contribution in [0.5, 0.6) is 0 Å². The molecule has 1 aromatic heterocycles. The highest BCUT2D eigenvalue weighted by Crippen LogP contribution is 2.13. The molecule has 0 radical (unpaired) electrons. The minimum Gasteiger partial charge on any atom is -0.352 e. The fourth-order valence-corrected chi connectivity index (χ4v) is 2.11. The molecule has 6 nitrogen and oxygen atoms in total. The third kappa shape index (κ3) is 4.98. The monoisotopic (exact) mass is 335 g/mol. The summed E-state index contributed by atoms with van der Waals surface area (Å²) in [5, 5.41) is 0. The molecule has 8 heteroatoms. The van der Waals surface area contributed by atoms with E-state index in [1.807, 2.05) is 18.7 Å². The zero-order valence-corrected chi connectivity index (χ0v) is 13.9. The number of hydrogen-bond donors (Lipinski definition) is 1. The van der Waals surface area contributed by atoms with Gasteiger partial charge in [0.05, 0.1) is 12.2 Å². The lowest BCUT2D eigenvalue weighted by molar-refractivity contribution is -0.133. The second-order valence-electron chi connectivity index (χ2n) is 5.15. The molecule has 1 amide bonds. The molecule has 0 saturated carbocycles. The summed E-state index contributed by atoms with van der Waals surface area (Å²) in [4.78, 5) is 24.5. The van der Waals surface area contributed by atoms with Crippen molar-refractivity contribution in [3.8, 4) is 0 Å². The van der Waals surface area contributed by atoms with E-state index in [-0.39, 0.29) is 36.6 Å². The number of nitrogens with two attached hydrogens (primary N) is 1. The number of rotatable bonds is 3. The first-order chi connectivity index (χ1) is 9.09. The van der Waals surface area contributed by atoms with E-state index >= 15 is 0 Å². The summed E-state index contributed by atoms with van der Waals surface area (Å²) < 4.78 is 0. The summed E-state index contributed by atoms with van der Waals surface area (Å²) in [7, 11) is 0. The summed E-state index contributed by atoms with van der Waals surface area (Å²) in [6, 6.07) is -0.400. The number of carbonyl (C=O) groups is 1. The fraction of sp³-hybridized carbons (Fsp3) is 0.615. The Balaban J connectivity index is 0.00000200. The first-order valence-electron chi connectivity index (χ1n) is 6.65. The van der Waals surface area contributed by atoms with Crippen molar-refractivity contribution in [1.82, 2.24) is 14.9 Å². The summed E-state index contributed by atoms with van der Waals surface area (Å²) in [5.41, 5.74) is 5.91. The molecule has 1 aromatic rings. The maximum Gasteiger partial charge on any atom is 0.239 e. The number of aromatic nitrogens is 2. The molecule has 2 N–H and O–H groups in total. The molecule has 21 heavy (non-hydrogen) atoms. The molecule has 0 unspecified atom stereocenters. The van der Waals surface area contributed by atoms with E-state index in [9.17, 15) is 4.79 Å². The molecule has 1 aliphatic rings. The smallest absolute Gasteiger partial charge is 0.239 e. The molecular weight excluding hydrogens is 313 g/mol. The van der Waals surface area contributed by atoms with Gasteiger partial charge in [-0.05, 0) is 5.92 Å². The number of nitrogens with zero attached hydrogens (tertiary/aromatic N) is 4. The van der Waals surface area contributed by atoms with E-state index in [1.54, 1.807) is 18.6 Å². The van der Waals surface area contributed by atoms with Crippen LogP contribution in [-0.4, -0.2) is 53.0 Å². The van der Waals surface area contributed by atoms with Crippen LogP contribution in [0.3, 0.4) is 0 Å². The molecule has 0 bridgehead atoms. The number of anilines is 1. The highest BCUT2D eigenvalue weighted by Gasteiger charge is 2.27. The van der Waals surface area contributed by atoms with Gasteiger partial charge < -0.3 is 15.5 Å². The SMILES string of the molecule is CC(C)[C@@H](N)C(=O)N1CCN(c2cnccn2)CC1.Cl.Cl. The first kappa shape index (κ1) is 19.9.